The van der Waals surface area contributed by atoms with E-state index in [0.29, 0.717) is 17.9 Å². The molecule has 0 atom stereocenters. The van der Waals surface area contributed by atoms with Crippen LogP contribution in [-0.2, 0) is 32.1 Å². The zero-order chi connectivity index (χ0) is 25.0. The molecule has 6 nitrogen and oxygen atoms in total. The van der Waals surface area contributed by atoms with Gasteiger partial charge >= 0.3 is 0 Å². The SMILES string of the molecule is CC(C)(C)c1ccc(CC(=O)C2(c3ccc4c(c3)OCO4)CC2)cc1-c1cccc(S(N)(=O)=O)c1. The molecule has 0 bridgehead atoms. The molecule has 0 aromatic heterocycles. The van der Waals surface area contributed by atoms with Crippen molar-refractivity contribution in [3.8, 4) is 22.6 Å². The smallest absolute Gasteiger partial charge is 0.238 e. The first-order chi connectivity index (χ1) is 16.5. The van der Waals surface area contributed by atoms with Crippen LogP contribution in [0.25, 0.3) is 11.1 Å². The zero-order valence-corrected chi connectivity index (χ0v) is 20.9. The zero-order valence-electron chi connectivity index (χ0n) is 20.1. The third-order valence-corrected chi connectivity index (χ3v) is 7.85. The Bertz CT molecular complexity index is 1430. The van der Waals surface area contributed by atoms with Crippen molar-refractivity contribution in [1.82, 2.24) is 0 Å². The Morgan fingerprint density at radius 1 is 0.971 bits per heavy atom. The Morgan fingerprint density at radius 3 is 2.40 bits per heavy atom. The van der Waals surface area contributed by atoms with Gasteiger partial charge in [0.25, 0.3) is 0 Å². The first kappa shape index (κ1) is 23.6. The second-order valence-electron chi connectivity index (χ2n) is 10.5. The number of nitrogens with two attached hydrogens (primary N) is 1. The number of ketones is 1. The molecule has 1 aliphatic heterocycles. The third-order valence-electron chi connectivity index (χ3n) is 6.94. The minimum Gasteiger partial charge on any atom is -0.454 e. The van der Waals surface area contributed by atoms with E-state index in [2.05, 4.69) is 20.8 Å². The molecule has 1 aliphatic carbocycles. The predicted octanol–water partition coefficient (Wildman–Crippen LogP) is 4.87. The van der Waals surface area contributed by atoms with E-state index in [4.69, 9.17) is 14.6 Å². The van der Waals surface area contributed by atoms with Gasteiger partial charge in [-0.15, -0.1) is 0 Å². The fraction of sp³-hybridized carbons (Fsp3) is 0.321. The Morgan fingerprint density at radius 2 is 1.71 bits per heavy atom. The fourth-order valence-electron chi connectivity index (χ4n) is 4.84. The molecule has 0 spiro atoms. The van der Waals surface area contributed by atoms with Crippen LogP contribution in [0.1, 0.15) is 50.3 Å². The highest BCUT2D eigenvalue weighted by Crippen LogP contribution is 2.51. The van der Waals surface area contributed by atoms with Crippen LogP contribution in [-0.4, -0.2) is 21.0 Å². The van der Waals surface area contributed by atoms with Crippen LogP contribution in [0.3, 0.4) is 0 Å². The summed E-state index contributed by atoms with van der Waals surface area (Å²) in [6, 6.07) is 18.5. The number of rotatable bonds is 6. The van der Waals surface area contributed by atoms with E-state index in [9.17, 15) is 13.2 Å². The number of sulfonamides is 1. The molecule has 3 aromatic rings. The van der Waals surface area contributed by atoms with Crippen LogP contribution in [0.2, 0.25) is 0 Å². The van der Waals surface area contributed by atoms with Crippen molar-refractivity contribution in [1.29, 1.82) is 0 Å². The molecule has 1 saturated carbocycles. The second kappa shape index (κ2) is 8.21. The molecule has 1 fully saturated rings. The lowest BCUT2D eigenvalue weighted by atomic mass is 9.80. The van der Waals surface area contributed by atoms with Crippen LogP contribution >= 0.6 is 0 Å². The molecule has 2 N–H and O–H groups in total. The molecule has 0 saturated heterocycles. The molecule has 0 radical (unpaired) electrons. The van der Waals surface area contributed by atoms with Gasteiger partial charge in [0.15, 0.2) is 11.5 Å². The van der Waals surface area contributed by atoms with E-state index in [1.165, 1.54) is 6.07 Å². The number of carbonyl (C=O) groups excluding carboxylic acids is 1. The summed E-state index contributed by atoms with van der Waals surface area (Å²) >= 11 is 0. The molecular formula is C28H29NO5S. The van der Waals surface area contributed by atoms with Gasteiger partial charge in [-0.25, -0.2) is 13.6 Å². The number of hydrogen-bond donors (Lipinski definition) is 1. The minimum atomic E-state index is -3.83. The van der Waals surface area contributed by atoms with Crippen molar-refractivity contribution in [2.45, 2.75) is 55.8 Å². The summed E-state index contributed by atoms with van der Waals surface area (Å²) in [5.41, 5.74) is 3.92. The standard InChI is InChI=1S/C28H29NO5S/c1-27(2,3)23-9-7-18(13-22(23)19-5-4-6-21(15-19)35(29,31)32)14-26(30)28(11-12-28)20-8-10-24-25(16-20)34-17-33-24/h4-10,13,15-16H,11-12,14,17H2,1-3H3,(H2,29,31,32). The number of benzene rings is 3. The average molecular weight is 492 g/mol. The van der Waals surface area contributed by atoms with E-state index in [-0.39, 0.29) is 22.9 Å². The molecule has 3 aromatic carbocycles. The van der Waals surface area contributed by atoms with Crippen LogP contribution in [0.5, 0.6) is 11.5 Å². The summed E-state index contributed by atoms with van der Waals surface area (Å²) in [5.74, 6) is 1.57. The quantitative estimate of drug-likeness (QED) is 0.531. The van der Waals surface area contributed by atoms with Crippen molar-refractivity contribution < 1.29 is 22.7 Å². The molecule has 0 unspecified atom stereocenters. The van der Waals surface area contributed by atoms with E-state index >= 15 is 0 Å². The lowest BCUT2D eigenvalue weighted by Gasteiger charge is -2.24. The van der Waals surface area contributed by atoms with Gasteiger partial charge in [0, 0.05) is 6.42 Å². The van der Waals surface area contributed by atoms with E-state index in [1.54, 1.807) is 12.1 Å². The van der Waals surface area contributed by atoms with Crippen molar-refractivity contribution in [3.63, 3.8) is 0 Å². The molecule has 1 heterocycles. The van der Waals surface area contributed by atoms with Crippen molar-refractivity contribution in [3.05, 3.63) is 77.4 Å². The van der Waals surface area contributed by atoms with Crippen molar-refractivity contribution in [2.24, 2.45) is 5.14 Å². The maximum absolute atomic E-state index is 13.5. The molecule has 7 heteroatoms. The summed E-state index contributed by atoms with van der Waals surface area (Å²) in [7, 11) is -3.83. The third kappa shape index (κ3) is 4.46. The van der Waals surface area contributed by atoms with Gasteiger partial charge in [-0.05, 0) is 70.3 Å². The number of ether oxygens (including phenoxy) is 2. The van der Waals surface area contributed by atoms with Gasteiger partial charge in [-0.1, -0.05) is 57.2 Å². The van der Waals surface area contributed by atoms with Gasteiger partial charge in [0.2, 0.25) is 16.8 Å². The summed E-state index contributed by atoms with van der Waals surface area (Å²) < 4.78 is 34.8. The molecule has 182 valence electrons. The van der Waals surface area contributed by atoms with Gasteiger partial charge in [-0.3, -0.25) is 4.79 Å². The number of fused-ring (bicyclic) bond motifs is 1. The van der Waals surface area contributed by atoms with Crippen molar-refractivity contribution >= 4 is 15.8 Å². The van der Waals surface area contributed by atoms with E-state index in [0.717, 1.165) is 40.7 Å². The number of Topliss-reactive ketones (excluding diaryl/α,β-unsaturated/α-hetero) is 1. The maximum Gasteiger partial charge on any atom is 0.238 e. The number of hydrogen-bond acceptors (Lipinski definition) is 5. The Kier molecular flexibility index (Phi) is 5.53. The normalized spacial score (nSPS) is 16.2. The van der Waals surface area contributed by atoms with Crippen LogP contribution in [0.4, 0.5) is 0 Å². The van der Waals surface area contributed by atoms with Gasteiger partial charge in [-0.2, -0.15) is 0 Å². The Labute approximate surface area is 206 Å². The molecule has 5 rings (SSSR count). The minimum absolute atomic E-state index is 0.0658. The topological polar surface area (TPSA) is 95.7 Å². The lowest BCUT2D eigenvalue weighted by molar-refractivity contribution is -0.120. The van der Waals surface area contributed by atoms with Crippen molar-refractivity contribution in [2.75, 3.05) is 6.79 Å². The highest BCUT2D eigenvalue weighted by atomic mass is 32.2. The monoisotopic (exact) mass is 491 g/mol. The first-order valence-corrected chi connectivity index (χ1v) is 13.2. The Hall–Kier alpha value is -3.16. The summed E-state index contributed by atoms with van der Waals surface area (Å²) in [6.07, 6.45) is 1.92. The number of primary sulfonamides is 1. The summed E-state index contributed by atoms with van der Waals surface area (Å²) in [4.78, 5) is 13.6. The first-order valence-electron chi connectivity index (χ1n) is 11.7. The molecule has 2 aliphatic rings. The predicted molar refractivity (Wildman–Crippen MR) is 134 cm³/mol. The second-order valence-corrected chi connectivity index (χ2v) is 12.0. The van der Waals surface area contributed by atoms with Gasteiger partial charge < -0.3 is 9.47 Å². The fourth-order valence-corrected chi connectivity index (χ4v) is 5.40. The van der Waals surface area contributed by atoms with Crippen LogP contribution in [0.15, 0.2) is 65.6 Å². The molecule has 0 amide bonds. The average Bonchev–Trinajstić information content (AvgIpc) is 3.49. The van der Waals surface area contributed by atoms with Gasteiger partial charge in [0.1, 0.15) is 5.78 Å². The summed E-state index contributed by atoms with van der Waals surface area (Å²) in [6.45, 7) is 6.53. The van der Waals surface area contributed by atoms with Crippen LogP contribution in [0, 0.1) is 0 Å². The highest BCUT2D eigenvalue weighted by Gasteiger charge is 2.50. The highest BCUT2D eigenvalue weighted by molar-refractivity contribution is 7.89. The van der Waals surface area contributed by atoms with Gasteiger partial charge in [0.05, 0.1) is 10.3 Å². The molecule has 35 heavy (non-hydrogen) atoms. The van der Waals surface area contributed by atoms with E-state index in [1.807, 2.05) is 42.5 Å². The summed E-state index contributed by atoms with van der Waals surface area (Å²) in [5, 5.41) is 5.38. The maximum atomic E-state index is 13.5. The largest absolute Gasteiger partial charge is 0.454 e. The number of carbonyl (C=O) groups is 1. The molecular weight excluding hydrogens is 462 g/mol. The van der Waals surface area contributed by atoms with Crippen LogP contribution < -0.4 is 14.6 Å². The lowest BCUT2D eigenvalue weighted by Crippen LogP contribution is -2.22. The Balaban J connectivity index is 1.49. The van der Waals surface area contributed by atoms with E-state index < -0.39 is 15.4 Å².